The topological polar surface area (TPSA) is 93.7 Å². The number of hydrogen-bond donors (Lipinski definition) is 2. The zero-order valence-corrected chi connectivity index (χ0v) is 15.9. The van der Waals surface area contributed by atoms with E-state index in [9.17, 15) is 18.8 Å². The summed E-state index contributed by atoms with van der Waals surface area (Å²) in [6, 6.07) is 10.2. The van der Waals surface area contributed by atoms with E-state index in [2.05, 4.69) is 10.6 Å². The van der Waals surface area contributed by atoms with Crippen LogP contribution in [0.15, 0.2) is 42.5 Å². The first-order valence-corrected chi connectivity index (χ1v) is 8.56. The van der Waals surface area contributed by atoms with Gasteiger partial charge in [-0.2, -0.15) is 0 Å². The number of halogens is 2. The molecule has 0 spiro atoms. The predicted molar refractivity (Wildman–Crippen MR) is 101 cm³/mol. The monoisotopic (exact) mass is 408 g/mol. The number of anilines is 1. The molecule has 0 heterocycles. The van der Waals surface area contributed by atoms with Crippen molar-refractivity contribution in [1.82, 2.24) is 5.32 Å². The van der Waals surface area contributed by atoms with Gasteiger partial charge in [-0.25, -0.2) is 4.39 Å². The van der Waals surface area contributed by atoms with E-state index in [1.165, 1.54) is 26.2 Å². The number of para-hydroxylation sites is 1. The van der Waals surface area contributed by atoms with Gasteiger partial charge in [0.2, 0.25) is 0 Å². The lowest BCUT2D eigenvalue weighted by atomic mass is 10.2. The van der Waals surface area contributed by atoms with Gasteiger partial charge in [-0.15, -0.1) is 0 Å². The molecule has 0 bridgehead atoms. The van der Waals surface area contributed by atoms with Gasteiger partial charge in [0.25, 0.3) is 11.8 Å². The maximum absolute atomic E-state index is 13.1. The smallest absolute Gasteiger partial charge is 0.326 e. The van der Waals surface area contributed by atoms with Crippen molar-refractivity contribution in [1.29, 1.82) is 0 Å². The van der Waals surface area contributed by atoms with Crippen molar-refractivity contribution in [2.45, 2.75) is 13.0 Å². The summed E-state index contributed by atoms with van der Waals surface area (Å²) in [6.07, 6.45) is -1.14. The fourth-order valence-electron chi connectivity index (χ4n) is 2.19. The van der Waals surface area contributed by atoms with Crippen molar-refractivity contribution in [3.05, 3.63) is 58.9 Å². The van der Waals surface area contributed by atoms with Crippen molar-refractivity contribution in [2.75, 3.05) is 19.0 Å². The van der Waals surface area contributed by atoms with Gasteiger partial charge >= 0.3 is 5.97 Å². The Morgan fingerprint density at radius 3 is 2.57 bits per heavy atom. The van der Waals surface area contributed by atoms with E-state index in [0.29, 0.717) is 5.75 Å². The number of rotatable bonds is 7. The van der Waals surface area contributed by atoms with Gasteiger partial charge in [-0.05, 0) is 37.3 Å². The Kier molecular flexibility index (Phi) is 7.34. The molecule has 2 aromatic carbocycles. The van der Waals surface area contributed by atoms with Gasteiger partial charge in [-0.3, -0.25) is 14.4 Å². The molecule has 0 saturated heterocycles. The summed E-state index contributed by atoms with van der Waals surface area (Å²) >= 11 is 5.64. The molecular weight excluding hydrogens is 391 g/mol. The van der Waals surface area contributed by atoms with Crippen molar-refractivity contribution < 1.29 is 28.2 Å². The molecule has 0 aliphatic carbocycles. The highest BCUT2D eigenvalue weighted by Gasteiger charge is 2.19. The molecular formula is C19H18ClFN2O5. The van der Waals surface area contributed by atoms with E-state index < -0.39 is 36.2 Å². The van der Waals surface area contributed by atoms with Crippen molar-refractivity contribution in [3.8, 4) is 5.75 Å². The molecule has 0 aliphatic rings. The number of nitrogens with one attached hydrogen (secondary N) is 2. The summed E-state index contributed by atoms with van der Waals surface area (Å²) in [4.78, 5) is 36.1. The molecule has 0 saturated carbocycles. The minimum Gasteiger partial charge on any atom is -0.496 e. The Morgan fingerprint density at radius 2 is 1.89 bits per heavy atom. The highest BCUT2D eigenvalue weighted by molar-refractivity contribution is 6.31. The van der Waals surface area contributed by atoms with Crippen LogP contribution in [0.25, 0.3) is 0 Å². The number of carbonyl (C=O) groups is 3. The van der Waals surface area contributed by atoms with Crippen LogP contribution in [0.3, 0.4) is 0 Å². The molecule has 0 aliphatic heterocycles. The van der Waals surface area contributed by atoms with Crippen LogP contribution in [0, 0.1) is 5.82 Å². The summed E-state index contributed by atoms with van der Waals surface area (Å²) in [6.45, 7) is 0.928. The summed E-state index contributed by atoms with van der Waals surface area (Å²) in [7, 11) is 1.43. The van der Waals surface area contributed by atoms with Crippen LogP contribution in [-0.4, -0.2) is 37.5 Å². The molecule has 2 rings (SSSR count). The SMILES string of the molecule is COc1ccccc1C(=O)NCC(=O)O[C@H](C)C(=O)Nc1ccc(F)c(Cl)c1. The normalized spacial score (nSPS) is 11.3. The van der Waals surface area contributed by atoms with Crippen LogP contribution >= 0.6 is 11.6 Å². The Balaban J connectivity index is 1.85. The third-order valence-corrected chi connectivity index (χ3v) is 3.90. The van der Waals surface area contributed by atoms with Gasteiger partial charge < -0.3 is 20.1 Å². The molecule has 0 fully saturated rings. The van der Waals surface area contributed by atoms with Crippen LogP contribution < -0.4 is 15.4 Å². The second-order valence-corrected chi connectivity index (χ2v) is 6.04. The fraction of sp³-hybridized carbons (Fsp3) is 0.211. The van der Waals surface area contributed by atoms with Crippen LogP contribution in [0.1, 0.15) is 17.3 Å². The lowest BCUT2D eigenvalue weighted by Crippen LogP contribution is -2.36. The van der Waals surface area contributed by atoms with Crippen LogP contribution in [-0.2, 0) is 14.3 Å². The molecule has 148 valence electrons. The number of esters is 1. The molecule has 0 aromatic heterocycles. The van der Waals surface area contributed by atoms with Gasteiger partial charge in [0.1, 0.15) is 18.1 Å². The number of carbonyl (C=O) groups excluding carboxylic acids is 3. The Hall–Kier alpha value is -3.13. The maximum atomic E-state index is 13.1. The Morgan fingerprint density at radius 1 is 1.18 bits per heavy atom. The second-order valence-electron chi connectivity index (χ2n) is 5.63. The average Bonchev–Trinajstić information content (AvgIpc) is 2.68. The number of ether oxygens (including phenoxy) is 2. The number of amides is 2. The van der Waals surface area contributed by atoms with Crippen molar-refractivity contribution >= 4 is 35.1 Å². The van der Waals surface area contributed by atoms with E-state index in [4.69, 9.17) is 21.1 Å². The lowest BCUT2D eigenvalue weighted by Gasteiger charge is -2.14. The zero-order chi connectivity index (χ0) is 20.7. The van der Waals surface area contributed by atoms with Gasteiger partial charge in [0.05, 0.1) is 17.7 Å². The van der Waals surface area contributed by atoms with Crippen LogP contribution in [0.2, 0.25) is 5.02 Å². The first-order valence-electron chi connectivity index (χ1n) is 8.18. The Labute approximate surface area is 165 Å². The summed E-state index contributed by atoms with van der Waals surface area (Å²) < 4.78 is 23.2. The quantitative estimate of drug-likeness (QED) is 0.687. The van der Waals surface area contributed by atoms with E-state index in [1.807, 2.05) is 0 Å². The molecule has 1 atom stereocenters. The van der Waals surface area contributed by atoms with Gasteiger partial charge in [-0.1, -0.05) is 23.7 Å². The molecule has 28 heavy (non-hydrogen) atoms. The molecule has 7 nitrogen and oxygen atoms in total. The molecule has 2 aromatic rings. The van der Waals surface area contributed by atoms with E-state index in [0.717, 1.165) is 6.07 Å². The highest BCUT2D eigenvalue weighted by atomic mass is 35.5. The first kappa shape index (κ1) is 21.2. The van der Waals surface area contributed by atoms with Crippen molar-refractivity contribution in [3.63, 3.8) is 0 Å². The first-order chi connectivity index (χ1) is 13.3. The molecule has 0 unspecified atom stereocenters. The molecule has 9 heteroatoms. The second kappa shape index (κ2) is 9.70. The van der Waals surface area contributed by atoms with E-state index >= 15 is 0 Å². The largest absolute Gasteiger partial charge is 0.496 e. The van der Waals surface area contributed by atoms with Gasteiger partial charge in [0, 0.05) is 5.69 Å². The third kappa shape index (κ3) is 5.68. The van der Waals surface area contributed by atoms with Crippen LogP contribution in [0.4, 0.5) is 10.1 Å². The number of benzene rings is 2. The maximum Gasteiger partial charge on any atom is 0.326 e. The van der Waals surface area contributed by atoms with Gasteiger partial charge in [0.15, 0.2) is 6.10 Å². The van der Waals surface area contributed by atoms with Crippen LogP contribution in [0.5, 0.6) is 5.75 Å². The molecule has 2 amide bonds. The minimum absolute atomic E-state index is 0.151. The number of methoxy groups -OCH3 is 1. The molecule has 2 N–H and O–H groups in total. The minimum atomic E-state index is -1.14. The summed E-state index contributed by atoms with van der Waals surface area (Å²) in [5.74, 6) is -2.22. The third-order valence-electron chi connectivity index (χ3n) is 3.61. The summed E-state index contributed by atoms with van der Waals surface area (Å²) in [5.41, 5.74) is 0.514. The summed E-state index contributed by atoms with van der Waals surface area (Å²) in [5, 5.41) is 4.70. The predicted octanol–water partition coefficient (Wildman–Crippen LogP) is 2.79. The Bertz CT molecular complexity index is 890. The van der Waals surface area contributed by atoms with Crippen molar-refractivity contribution in [2.24, 2.45) is 0 Å². The standard InChI is InChI=1S/C19H18ClFN2O5/c1-11(18(25)23-12-7-8-15(21)14(20)9-12)28-17(24)10-22-19(26)13-5-3-4-6-16(13)27-2/h3-9,11H,10H2,1-2H3,(H,22,26)(H,23,25)/t11-/m1/s1. The fourth-order valence-corrected chi connectivity index (χ4v) is 2.37. The highest BCUT2D eigenvalue weighted by Crippen LogP contribution is 2.19. The lowest BCUT2D eigenvalue weighted by molar-refractivity contribution is -0.152. The van der Waals surface area contributed by atoms with E-state index in [-0.39, 0.29) is 16.3 Å². The average molecular weight is 409 g/mol. The molecule has 0 radical (unpaired) electrons. The van der Waals surface area contributed by atoms with E-state index in [1.54, 1.807) is 24.3 Å². The number of hydrogen-bond acceptors (Lipinski definition) is 5. The zero-order valence-electron chi connectivity index (χ0n) is 15.1.